The molecule has 0 radical (unpaired) electrons. The van der Waals surface area contributed by atoms with Crippen LogP contribution in [0, 0.1) is 0 Å². The van der Waals surface area contributed by atoms with Crippen LogP contribution >= 0.6 is 0 Å². The summed E-state index contributed by atoms with van der Waals surface area (Å²) in [6, 6.07) is 21.2. The number of hydrogen-bond acceptors (Lipinski definition) is 4. The number of benzene rings is 2. The monoisotopic (exact) mass is 361 g/mol. The minimum Gasteiger partial charge on any atom is -0.492 e. The third-order valence-electron chi connectivity index (χ3n) is 4.03. The molecular formula is C22H23N3O2. The van der Waals surface area contributed by atoms with E-state index in [9.17, 15) is 4.79 Å². The summed E-state index contributed by atoms with van der Waals surface area (Å²) in [5.41, 5.74) is 2.46. The van der Waals surface area contributed by atoms with Crippen molar-refractivity contribution in [3.63, 3.8) is 0 Å². The van der Waals surface area contributed by atoms with Gasteiger partial charge in [0.2, 0.25) is 0 Å². The number of pyridine rings is 1. The molecule has 138 valence electrons. The van der Waals surface area contributed by atoms with Gasteiger partial charge in [0.1, 0.15) is 11.6 Å². The van der Waals surface area contributed by atoms with E-state index in [0.717, 1.165) is 17.9 Å². The minimum atomic E-state index is -0.157. The van der Waals surface area contributed by atoms with Gasteiger partial charge in [-0.15, -0.1) is 0 Å². The predicted octanol–water partition coefficient (Wildman–Crippen LogP) is 4.20. The van der Waals surface area contributed by atoms with Crippen molar-refractivity contribution in [3.8, 4) is 5.75 Å². The molecule has 0 saturated carbocycles. The van der Waals surface area contributed by atoms with E-state index in [-0.39, 0.29) is 5.91 Å². The molecule has 27 heavy (non-hydrogen) atoms. The van der Waals surface area contributed by atoms with Crippen molar-refractivity contribution < 1.29 is 9.53 Å². The largest absolute Gasteiger partial charge is 0.492 e. The number of carbonyl (C=O) groups excluding carboxylic acids is 1. The maximum atomic E-state index is 12.6. The molecule has 0 atom stereocenters. The van der Waals surface area contributed by atoms with E-state index in [1.807, 2.05) is 61.5 Å². The lowest BCUT2D eigenvalue weighted by atomic mass is 10.1. The van der Waals surface area contributed by atoms with E-state index in [2.05, 4.69) is 15.6 Å². The molecule has 0 unspecified atom stereocenters. The molecule has 1 amide bonds. The fourth-order valence-corrected chi connectivity index (χ4v) is 2.73. The minimum absolute atomic E-state index is 0.157. The van der Waals surface area contributed by atoms with Gasteiger partial charge in [-0.1, -0.05) is 42.5 Å². The van der Waals surface area contributed by atoms with Crippen LogP contribution in [-0.4, -0.2) is 24.0 Å². The Morgan fingerprint density at radius 2 is 1.78 bits per heavy atom. The van der Waals surface area contributed by atoms with Gasteiger partial charge in [-0.25, -0.2) is 4.98 Å². The van der Waals surface area contributed by atoms with E-state index in [1.165, 1.54) is 5.56 Å². The lowest BCUT2D eigenvalue weighted by Gasteiger charge is -2.14. The quantitative estimate of drug-likeness (QED) is 0.631. The van der Waals surface area contributed by atoms with Crippen molar-refractivity contribution in [1.29, 1.82) is 0 Å². The number of aromatic nitrogens is 1. The predicted molar refractivity (Wildman–Crippen MR) is 108 cm³/mol. The molecule has 1 aromatic heterocycles. The van der Waals surface area contributed by atoms with Crippen LogP contribution in [0.25, 0.3) is 0 Å². The second kappa shape index (κ2) is 9.38. The zero-order valence-corrected chi connectivity index (χ0v) is 15.3. The molecule has 2 aromatic carbocycles. The normalized spacial score (nSPS) is 10.3. The van der Waals surface area contributed by atoms with Crippen molar-refractivity contribution in [3.05, 3.63) is 84.1 Å². The molecule has 3 rings (SSSR count). The highest BCUT2D eigenvalue weighted by molar-refractivity contribution is 5.99. The topological polar surface area (TPSA) is 63.2 Å². The molecule has 0 fully saturated rings. The van der Waals surface area contributed by atoms with Gasteiger partial charge in [-0.3, -0.25) is 4.79 Å². The Morgan fingerprint density at radius 1 is 1.00 bits per heavy atom. The number of para-hydroxylation sites is 2. The van der Waals surface area contributed by atoms with Gasteiger partial charge in [0.05, 0.1) is 17.9 Å². The first kappa shape index (κ1) is 18.5. The van der Waals surface area contributed by atoms with Crippen molar-refractivity contribution in [2.45, 2.75) is 13.3 Å². The van der Waals surface area contributed by atoms with Crippen LogP contribution in [0.5, 0.6) is 5.75 Å². The molecular weight excluding hydrogens is 338 g/mol. The highest BCUT2D eigenvalue weighted by atomic mass is 16.5. The summed E-state index contributed by atoms with van der Waals surface area (Å²) in [4.78, 5) is 17.0. The number of rotatable bonds is 8. The summed E-state index contributed by atoms with van der Waals surface area (Å²) >= 11 is 0. The van der Waals surface area contributed by atoms with E-state index in [1.54, 1.807) is 18.3 Å². The van der Waals surface area contributed by atoms with E-state index in [0.29, 0.717) is 24.5 Å². The molecule has 1 heterocycles. The summed E-state index contributed by atoms with van der Waals surface area (Å²) in [7, 11) is 0. The summed E-state index contributed by atoms with van der Waals surface area (Å²) < 4.78 is 5.63. The van der Waals surface area contributed by atoms with Crippen LogP contribution in [0.1, 0.15) is 22.8 Å². The zero-order valence-electron chi connectivity index (χ0n) is 15.3. The fraction of sp³-hybridized carbons (Fsp3) is 0.182. The summed E-state index contributed by atoms with van der Waals surface area (Å²) in [5.74, 6) is 1.07. The maximum Gasteiger partial charge on any atom is 0.255 e. The van der Waals surface area contributed by atoms with Crippen LogP contribution in [-0.2, 0) is 6.42 Å². The maximum absolute atomic E-state index is 12.6. The Morgan fingerprint density at radius 3 is 2.59 bits per heavy atom. The van der Waals surface area contributed by atoms with Crippen molar-refractivity contribution >= 4 is 17.4 Å². The molecule has 5 nitrogen and oxygen atoms in total. The Labute approximate surface area is 159 Å². The summed E-state index contributed by atoms with van der Waals surface area (Å²) in [6.07, 6.45) is 2.44. The number of anilines is 2. The Bertz CT molecular complexity index is 881. The van der Waals surface area contributed by atoms with Gasteiger partial charge in [0.15, 0.2) is 0 Å². The number of hydrogen-bond donors (Lipinski definition) is 2. The first-order valence-electron chi connectivity index (χ1n) is 9.04. The SMILES string of the molecule is CCOc1ccccc1Nc1ncccc1C(=O)NCCc1ccccc1. The second-order valence-corrected chi connectivity index (χ2v) is 5.95. The Hall–Kier alpha value is -3.34. The molecule has 0 aliphatic heterocycles. The van der Waals surface area contributed by atoms with Crippen molar-refractivity contribution in [1.82, 2.24) is 10.3 Å². The van der Waals surface area contributed by atoms with Crippen LogP contribution in [0.4, 0.5) is 11.5 Å². The summed E-state index contributed by atoms with van der Waals surface area (Å²) in [6.45, 7) is 3.06. The smallest absolute Gasteiger partial charge is 0.255 e. The number of amides is 1. The Kier molecular flexibility index (Phi) is 6.41. The molecule has 2 N–H and O–H groups in total. The molecule has 0 aliphatic rings. The first-order chi connectivity index (χ1) is 13.3. The number of nitrogens with one attached hydrogen (secondary N) is 2. The Balaban J connectivity index is 1.69. The van der Waals surface area contributed by atoms with Gasteiger partial charge < -0.3 is 15.4 Å². The highest BCUT2D eigenvalue weighted by Crippen LogP contribution is 2.27. The van der Waals surface area contributed by atoms with Crippen LogP contribution in [0.3, 0.4) is 0 Å². The molecule has 3 aromatic rings. The van der Waals surface area contributed by atoms with E-state index < -0.39 is 0 Å². The van der Waals surface area contributed by atoms with Crippen molar-refractivity contribution in [2.75, 3.05) is 18.5 Å². The lowest BCUT2D eigenvalue weighted by molar-refractivity contribution is 0.0954. The molecule has 5 heteroatoms. The van der Waals surface area contributed by atoms with Gasteiger partial charge in [-0.05, 0) is 43.2 Å². The number of ether oxygens (including phenoxy) is 1. The summed E-state index contributed by atoms with van der Waals surface area (Å²) in [5, 5.41) is 6.18. The number of carbonyl (C=O) groups is 1. The molecule has 0 aliphatic carbocycles. The highest BCUT2D eigenvalue weighted by Gasteiger charge is 2.13. The van der Waals surface area contributed by atoms with Crippen molar-refractivity contribution in [2.24, 2.45) is 0 Å². The number of nitrogens with zero attached hydrogens (tertiary/aromatic N) is 1. The second-order valence-electron chi connectivity index (χ2n) is 5.95. The average Bonchev–Trinajstić information content (AvgIpc) is 2.71. The third kappa shape index (κ3) is 5.07. The molecule has 0 bridgehead atoms. The van der Waals surface area contributed by atoms with Gasteiger partial charge >= 0.3 is 0 Å². The van der Waals surface area contributed by atoms with Crippen LogP contribution in [0.15, 0.2) is 72.9 Å². The third-order valence-corrected chi connectivity index (χ3v) is 4.03. The first-order valence-corrected chi connectivity index (χ1v) is 9.04. The van der Waals surface area contributed by atoms with Gasteiger partial charge in [0, 0.05) is 12.7 Å². The lowest BCUT2D eigenvalue weighted by Crippen LogP contribution is -2.26. The zero-order chi connectivity index (χ0) is 18.9. The van der Waals surface area contributed by atoms with E-state index >= 15 is 0 Å². The average molecular weight is 361 g/mol. The van der Waals surface area contributed by atoms with E-state index in [4.69, 9.17) is 4.74 Å². The van der Waals surface area contributed by atoms with Gasteiger partial charge in [-0.2, -0.15) is 0 Å². The standard InChI is InChI=1S/C22H23N3O2/c1-2-27-20-13-7-6-12-19(20)25-21-18(11-8-15-23-21)22(26)24-16-14-17-9-4-3-5-10-17/h3-13,15H,2,14,16H2,1H3,(H,23,25)(H,24,26). The molecule has 0 spiro atoms. The fourth-order valence-electron chi connectivity index (χ4n) is 2.73. The van der Waals surface area contributed by atoms with Crippen LogP contribution < -0.4 is 15.4 Å². The van der Waals surface area contributed by atoms with Crippen LogP contribution in [0.2, 0.25) is 0 Å². The van der Waals surface area contributed by atoms with Gasteiger partial charge in [0.25, 0.3) is 5.91 Å². The molecule has 0 saturated heterocycles.